The molecule has 1 aliphatic heterocycles. The molecule has 206 valence electrons. The van der Waals surface area contributed by atoms with Crippen LogP contribution in [-0.4, -0.2) is 59.5 Å². The van der Waals surface area contributed by atoms with E-state index in [4.69, 9.17) is 5.73 Å². The SMILES string of the molecule is CCNc1nc(-c2ccc(NC(=O)NCc3ccc(N)nc3)cc2F)ccc1C(=O)NCCN1CCCCC1. The van der Waals surface area contributed by atoms with Gasteiger partial charge in [-0.25, -0.2) is 19.2 Å². The maximum absolute atomic E-state index is 15.1. The first-order chi connectivity index (χ1) is 18.9. The molecular weight excluding hydrogens is 499 g/mol. The molecule has 0 spiro atoms. The monoisotopic (exact) mass is 534 g/mol. The molecule has 1 fully saturated rings. The van der Waals surface area contributed by atoms with Crippen molar-refractivity contribution in [3.05, 3.63) is 65.6 Å². The maximum Gasteiger partial charge on any atom is 0.319 e. The van der Waals surface area contributed by atoms with Gasteiger partial charge >= 0.3 is 6.03 Å². The average Bonchev–Trinajstić information content (AvgIpc) is 2.93. The third-order valence-corrected chi connectivity index (χ3v) is 6.45. The number of rotatable bonds is 10. The number of piperidine rings is 1. The fourth-order valence-electron chi connectivity index (χ4n) is 4.40. The van der Waals surface area contributed by atoms with Crippen LogP contribution < -0.4 is 27.0 Å². The molecular formula is C28H35FN8O2. The quantitative estimate of drug-likeness (QED) is 0.267. The molecule has 3 aromatic rings. The van der Waals surface area contributed by atoms with E-state index in [1.165, 1.54) is 25.3 Å². The number of amides is 3. The molecule has 2 aromatic heterocycles. The van der Waals surface area contributed by atoms with Gasteiger partial charge in [-0.1, -0.05) is 12.5 Å². The van der Waals surface area contributed by atoms with Gasteiger partial charge in [-0.2, -0.15) is 0 Å². The van der Waals surface area contributed by atoms with Crippen LogP contribution in [0.25, 0.3) is 11.3 Å². The van der Waals surface area contributed by atoms with Crippen LogP contribution in [0, 0.1) is 5.82 Å². The van der Waals surface area contributed by atoms with Gasteiger partial charge in [0.15, 0.2) is 0 Å². The number of benzene rings is 1. The Kier molecular flexibility index (Phi) is 9.63. The van der Waals surface area contributed by atoms with E-state index in [0.29, 0.717) is 41.7 Å². The van der Waals surface area contributed by atoms with E-state index in [0.717, 1.165) is 25.2 Å². The minimum Gasteiger partial charge on any atom is -0.384 e. The zero-order valence-corrected chi connectivity index (χ0v) is 22.1. The van der Waals surface area contributed by atoms with Crippen LogP contribution in [0.2, 0.25) is 0 Å². The highest BCUT2D eigenvalue weighted by Crippen LogP contribution is 2.26. The standard InChI is InChI=1S/C28H35FN8O2/c1-2-31-26-22(27(38)32-12-15-37-13-4-3-5-14-37)9-10-24(36-26)21-8-7-20(16-23(21)29)35-28(39)34-18-19-6-11-25(30)33-17-19/h6-11,16-17H,2-5,12-15,18H2,1H3,(H2,30,33)(H,31,36)(H,32,38)(H2,34,35,39). The summed E-state index contributed by atoms with van der Waals surface area (Å²) in [5, 5.41) is 11.4. The van der Waals surface area contributed by atoms with Crippen LogP contribution in [0.1, 0.15) is 42.1 Å². The third-order valence-electron chi connectivity index (χ3n) is 6.45. The first kappa shape index (κ1) is 27.8. The third kappa shape index (κ3) is 7.87. The Hall–Kier alpha value is -4.25. The number of pyridine rings is 2. The van der Waals surface area contributed by atoms with Gasteiger partial charge in [-0.3, -0.25) is 4.79 Å². The average molecular weight is 535 g/mol. The number of hydrogen-bond acceptors (Lipinski definition) is 7. The van der Waals surface area contributed by atoms with Gasteiger partial charge in [0.25, 0.3) is 5.91 Å². The predicted octanol–water partition coefficient (Wildman–Crippen LogP) is 3.83. The number of urea groups is 1. The van der Waals surface area contributed by atoms with Crippen LogP contribution in [0.3, 0.4) is 0 Å². The van der Waals surface area contributed by atoms with E-state index in [9.17, 15) is 9.59 Å². The van der Waals surface area contributed by atoms with Crippen LogP contribution in [0.4, 0.5) is 26.5 Å². The number of carbonyl (C=O) groups excluding carboxylic acids is 2. The Morgan fingerprint density at radius 2 is 1.87 bits per heavy atom. The zero-order valence-electron chi connectivity index (χ0n) is 22.1. The molecule has 4 rings (SSSR count). The number of nitrogens with one attached hydrogen (secondary N) is 4. The van der Waals surface area contributed by atoms with Gasteiger partial charge in [-0.05, 0) is 74.8 Å². The van der Waals surface area contributed by atoms with Crippen molar-refractivity contribution in [3.8, 4) is 11.3 Å². The lowest BCUT2D eigenvalue weighted by molar-refractivity contribution is 0.0947. The number of halogens is 1. The lowest BCUT2D eigenvalue weighted by atomic mass is 10.1. The van der Waals surface area contributed by atoms with Crippen LogP contribution in [-0.2, 0) is 6.54 Å². The van der Waals surface area contributed by atoms with E-state index in [-0.39, 0.29) is 18.0 Å². The van der Waals surface area contributed by atoms with Crippen molar-refractivity contribution in [2.24, 2.45) is 0 Å². The van der Waals surface area contributed by atoms with Crippen LogP contribution >= 0.6 is 0 Å². The Balaban J connectivity index is 1.38. The number of nitrogen functional groups attached to an aromatic ring is 1. The van der Waals surface area contributed by atoms with Gasteiger partial charge in [-0.15, -0.1) is 0 Å². The molecule has 10 nitrogen and oxygen atoms in total. The van der Waals surface area contributed by atoms with E-state index in [1.54, 1.807) is 42.6 Å². The highest BCUT2D eigenvalue weighted by atomic mass is 19.1. The van der Waals surface area contributed by atoms with Crippen molar-refractivity contribution in [2.75, 3.05) is 49.1 Å². The molecule has 0 bridgehead atoms. The summed E-state index contributed by atoms with van der Waals surface area (Å²) in [5.74, 6) is 0.0163. The second kappa shape index (κ2) is 13.5. The molecule has 0 atom stereocenters. The van der Waals surface area contributed by atoms with Gasteiger partial charge in [0.1, 0.15) is 17.5 Å². The Morgan fingerprint density at radius 1 is 1.05 bits per heavy atom. The fraction of sp³-hybridized carbons (Fsp3) is 0.357. The molecule has 3 amide bonds. The summed E-state index contributed by atoms with van der Waals surface area (Å²) >= 11 is 0. The van der Waals surface area contributed by atoms with E-state index in [2.05, 4.69) is 36.1 Å². The molecule has 1 aliphatic rings. The van der Waals surface area contributed by atoms with E-state index >= 15 is 4.39 Å². The van der Waals surface area contributed by atoms with Crippen LogP contribution in [0.15, 0.2) is 48.7 Å². The molecule has 0 saturated carbocycles. The van der Waals surface area contributed by atoms with Crippen molar-refractivity contribution in [2.45, 2.75) is 32.7 Å². The van der Waals surface area contributed by atoms with Crippen molar-refractivity contribution >= 4 is 29.3 Å². The smallest absolute Gasteiger partial charge is 0.319 e. The highest BCUT2D eigenvalue weighted by molar-refractivity contribution is 5.99. The van der Waals surface area contributed by atoms with Crippen LogP contribution in [0.5, 0.6) is 0 Å². The van der Waals surface area contributed by atoms with Crippen molar-refractivity contribution in [3.63, 3.8) is 0 Å². The zero-order chi connectivity index (χ0) is 27.6. The number of anilines is 3. The topological polar surface area (TPSA) is 137 Å². The summed E-state index contributed by atoms with van der Waals surface area (Å²) in [5.41, 5.74) is 7.68. The molecule has 6 N–H and O–H groups in total. The summed E-state index contributed by atoms with van der Waals surface area (Å²) in [7, 11) is 0. The molecule has 11 heteroatoms. The largest absolute Gasteiger partial charge is 0.384 e. The Labute approximate surface area is 227 Å². The number of aromatic nitrogens is 2. The first-order valence-corrected chi connectivity index (χ1v) is 13.2. The summed E-state index contributed by atoms with van der Waals surface area (Å²) < 4.78 is 15.1. The van der Waals surface area contributed by atoms with Gasteiger partial charge < -0.3 is 31.9 Å². The lowest BCUT2D eigenvalue weighted by Gasteiger charge is -2.26. The second-order valence-corrected chi connectivity index (χ2v) is 9.37. The molecule has 0 aliphatic carbocycles. The number of nitrogens with zero attached hydrogens (tertiary/aromatic N) is 3. The maximum atomic E-state index is 15.1. The summed E-state index contributed by atoms with van der Waals surface area (Å²) in [4.78, 5) is 36.0. The van der Waals surface area contributed by atoms with E-state index in [1.807, 2.05) is 6.92 Å². The van der Waals surface area contributed by atoms with Gasteiger partial charge in [0.2, 0.25) is 0 Å². The number of nitrogens with two attached hydrogens (primary N) is 1. The molecule has 3 heterocycles. The molecule has 1 saturated heterocycles. The predicted molar refractivity (Wildman–Crippen MR) is 151 cm³/mol. The van der Waals surface area contributed by atoms with Gasteiger partial charge in [0.05, 0.1) is 11.3 Å². The molecule has 0 radical (unpaired) electrons. The van der Waals surface area contributed by atoms with Gasteiger partial charge in [0, 0.05) is 43.6 Å². The minimum absolute atomic E-state index is 0.220. The fourth-order valence-corrected chi connectivity index (χ4v) is 4.40. The van der Waals surface area contributed by atoms with Crippen molar-refractivity contribution in [1.82, 2.24) is 25.5 Å². The summed E-state index contributed by atoms with van der Waals surface area (Å²) in [6.45, 7) is 6.21. The number of carbonyl (C=O) groups is 2. The minimum atomic E-state index is -0.552. The summed E-state index contributed by atoms with van der Waals surface area (Å²) in [6.07, 6.45) is 5.25. The molecule has 39 heavy (non-hydrogen) atoms. The Morgan fingerprint density at radius 3 is 2.59 bits per heavy atom. The lowest BCUT2D eigenvalue weighted by Crippen LogP contribution is -2.37. The summed E-state index contributed by atoms with van der Waals surface area (Å²) in [6, 6.07) is 10.6. The van der Waals surface area contributed by atoms with Crippen molar-refractivity contribution < 1.29 is 14.0 Å². The molecule has 1 aromatic carbocycles. The second-order valence-electron chi connectivity index (χ2n) is 9.37. The molecule has 0 unspecified atom stereocenters. The normalized spacial score (nSPS) is 13.5. The van der Waals surface area contributed by atoms with Crippen molar-refractivity contribution in [1.29, 1.82) is 0 Å². The number of hydrogen-bond donors (Lipinski definition) is 5. The van der Waals surface area contributed by atoms with E-state index < -0.39 is 11.8 Å². The highest BCUT2D eigenvalue weighted by Gasteiger charge is 2.17. The number of likely N-dealkylation sites (tertiary alicyclic amines) is 1. The first-order valence-electron chi connectivity index (χ1n) is 13.2. The Bertz CT molecular complexity index is 1280.